The van der Waals surface area contributed by atoms with Crippen LogP contribution in [0.2, 0.25) is 0 Å². The van der Waals surface area contributed by atoms with E-state index in [9.17, 15) is 0 Å². The van der Waals surface area contributed by atoms with Gasteiger partial charge in [-0.15, -0.1) is 24.0 Å². The van der Waals surface area contributed by atoms with Crippen molar-refractivity contribution in [3.05, 3.63) is 47.5 Å². The van der Waals surface area contributed by atoms with Gasteiger partial charge in [0.05, 0.1) is 25.8 Å². The highest BCUT2D eigenvalue weighted by atomic mass is 127. The lowest BCUT2D eigenvalue weighted by molar-refractivity contribution is 0.0170. The number of aromatic nitrogens is 3. The first-order valence-electron chi connectivity index (χ1n) is 9.33. The van der Waals surface area contributed by atoms with E-state index in [-0.39, 0.29) is 30.0 Å². The van der Waals surface area contributed by atoms with E-state index in [1.165, 1.54) is 11.1 Å². The highest BCUT2D eigenvalue weighted by Crippen LogP contribution is 2.22. The second kappa shape index (κ2) is 11.3. The van der Waals surface area contributed by atoms with Gasteiger partial charge in [0.1, 0.15) is 12.2 Å². The summed E-state index contributed by atoms with van der Waals surface area (Å²) in [6.07, 6.45) is 1.55. The number of nitrogens with one attached hydrogen (secondary N) is 2. The molecular formula is C19H30IN7O. The molecule has 1 unspecified atom stereocenters. The summed E-state index contributed by atoms with van der Waals surface area (Å²) in [7, 11) is 3.66. The molecule has 0 bridgehead atoms. The van der Waals surface area contributed by atoms with Gasteiger partial charge in [-0.1, -0.05) is 29.8 Å². The van der Waals surface area contributed by atoms with Crippen molar-refractivity contribution in [3.8, 4) is 0 Å². The van der Waals surface area contributed by atoms with Gasteiger partial charge < -0.3 is 15.4 Å². The maximum atomic E-state index is 5.53. The number of ether oxygens (including phenoxy) is 1. The van der Waals surface area contributed by atoms with Crippen LogP contribution in [0.4, 0.5) is 0 Å². The summed E-state index contributed by atoms with van der Waals surface area (Å²) in [5, 5.41) is 10.9. The Bertz CT molecular complexity index is 758. The minimum absolute atomic E-state index is 0. The Hall–Kier alpha value is -1.72. The van der Waals surface area contributed by atoms with Gasteiger partial charge in [0, 0.05) is 33.7 Å². The van der Waals surface area contributed by atoms with Crippen LogP contribution in [0.5, 0.6) is 0 Å². The Morgan fingerprint density at radius 2 is 2.07 bits per heavy atom. The highest BCUT2D eigenvalue weighted by molar-refractivity contribution is 14.0. The van der Waals surface area contributed by atoms with Crippen LogP contribution in [0.3, 0.4) is 0 Å². The van der Waals surface area contributed by atoms with Crippen LogP contribution in [0.1, 0.15) is 23.0 Å². The third-order valence-electron chi connectivity index (χ3n) is 4.82. The first kappa shape index (κ1) is 22.6. The third-order valence-corrected chi connectivity index (χ3v) is 4.82. The Labute approximate surface area is 183 Å². The van der Waals surface area contributed by atoms with E-state index in [1.54, 1.807) is 18.1 Å². The average molecular weight is 499 g/mol. The lowest BCUT2D eigenvalue weighted by atomic mass is 10.0. The Balaban J connectivity index is 0.00000280. The van der Waals surface area contributed by atoms with Gasteiger partial charge in [0.25, 0.3) is 0 Å². The molecule has 1 fully saturated rings. The van der Waals surface area contributed by atoms with Gasteiger partial charge >= 0.3 is 0 Å². The molecule has 2 aromatic rings. The number of morpholine rings is 1. The maximum absolute atomic E-state index is 5.53. The fourth-order valence-corrected chi connectivity index (χ4v) is 3.28. The van der Waals surface area contributed by atoms with Crippen LogP contribution in [0.15, 0.2) is 35.6 Å². The van der Waals surface area contributed by atoms with Crippen molar-refractivity contribution in [1.82, 2.24) is 30.3 Å². The zero-order valence-electron chi connectivity index (χ0n) is 16.8. The van der Waals surface area contributed by atoms with Crippen LogP contribution < -0.4 is 10.6 Å². The smallest absolute Gasteiger partial charge is 0.191 e. The molecule has 28 heavy (non-hydrogen) atoms. The van der Waals surface area contributed by atoms with Gasteiger partial charge in [0.15, 0.2) is 5.96 Å². The van der Waals surface area contributed by atoms with Crippen LogP contribution in [0, 0.1) is 6.92 Å². The van der Waals surface area contributed by atoms with E-state index < -0.39 is 0 Å². The van der Waals surface area contributed by atoms with Gasteiger partial charge in [0.2, 0.25) is 0 Å². The molecule has 0 saturated carbocycles. The van der Waals surface area contributed by atoms with E-state index >= 15 is 0 Å². The predicted molar refractivity (Wildman–Crippen MR) is 121 cm³/mol. The molecule has 2 heterocycles. The molecule has 0 radical (unpaired) electrons. The van der Waals surface area contributed by atoms with Crippen LogP contribution in [0.25, 0.3) is 0 Å². The quantitative estimate of drug-likeness (QED) is 0.356. The van der Waals surface area contributed by atoms with Crippen LogP contribution >= 0.6 is 24.0 Å². The molecule has 9 heteroatoms. The predicted octanol–water partition coefficient (Wildman–Crippen LogP) is 1.48. The number of hydrogen-bond acceptors (Lipinski definition) is 5. The largest absolute Gasteiger partial charge is 0.379 e. The molecule has 0 amide bonds. The van der Waals surface area contributed by atoms with Gasteiger partial charge in [-0.3, -0.25) is 14.6 Å². The molecule has 1 aliphatic rings. The summed E-state index contributed by atoms with van der Waals surface area (Å²) >= 11 is 0. The normalized spacial score (nSPS) is 16.3. The summed E-state index contributed by atoms with van der Waals surface area (Å²) in [5.74, 6) is 1.62. The van der Waals surface area contributed by atoms with E-state index in [1.807, 2.05) is 7.05 Å². The number of aryl methyl sites for hydroxylation is 2. The van der Waals surface area contributed by atoms with E-state index in [2.05, 4.69) is 61.8 Å². The standard InChI is InChI=1S/C19H29N7O.HI/c1-15-5-4-6-16(11-15)17(26-7-9-27-10-8-26)12-21-19(20-2)22-13-18-23-14-24-25(18)3;/h4-6,11,14,17H,7-10,12-13H2,1-3H3,(H2,20,21,22);1H. The second-order valence-electron chi connectivity index (χ2n) is 6.68. The summed E-state index contributed by atoms with van der Waals surface area (Å²) in [4.78, 5) is 11.0. The molecule has 1 saturated heterocycles. The lowest BCUT2D eigenvalue weighted by Crippen LogP contribution is -2.46. The minimum atomic E-state index is 0. The Morgan fingerprint density at radius 3 is 2.71 bits per heavy atom. The minimum Gasteiger partial charge on any atom is -0.379 e. The van der Waals surface area contributed by atoms with Gasteiger partial charge in [-0.25, -0.2) is 4.98 Å². The molecule has 3 rings (SSSR count). The van der Waals surface area contributed by atoms with Crippen molar-refractivity contribution in [2.45, 2.75) is 19.5 Å². The highest BCUT2D eigenvalue weighted by Gasteiger charge is 2.23. The van der Waals surface area contributed by atoms with Crippen molar-refractivity contribution in [2.75, 3.05) is 39.9 Å². The van der Waals surface area contributed by atoms with Crippen molar-refractivity contribution < 1.29 is 4.74 Å². The topological polar surface area (TPSA) is 79.6 Å². The lowest BCUT2D eigenvalue weighted by Gasteiger charge is -2.35. The number of guanidine groups is 1. The summed E-state index contributed by atoms with van der Waals surface area (Å²) in [6, 6.07) is 8.98. The number of rotatable bonds is 6. The maximum Gasteiger partial charge on any atom is 0.191 e. The molecule has 1 aliphatic heterocycles. The molecule has 8 nitrogen and oxygen atoms in total. The molecule has 0 spiro atoms. The fourth-order valence-electron chi connectivity index (χ4n) is 3.28. The molecule has 2 N–H and O–H groups in total. The Kier molecular flexibility index (Phi) is 9.13. The molecule has 154 valence electrons. The van der Waals surface area contributed by atoms with Gasteiger partial charge in [-0.2, -0.15) is 5.10 Å². The van der Waals surface area contributed by atoms with Crippen LogP contribution in [-0.4, -0.2) is 65.5 Å². The first-order valence-corrected chi connectivity index (χ1v) is 9.33. The van der Waals surface area contributed by atoms with Crippen molar-refractivity contribution in [2.24, 2.45) is 12.0 Å². The zero-order valence-corrected chi connectivity index (χ0v) is 19.1. The van der Waals surface area contributed by atoms with E-state index in [0.717, 1.165) is 44.6 Å². The summed E-state index contributed by atoms with van der Waals surface area (Å²) < 4.78 is 7.29. The third kappa shape index (κ3) is 6.14. The first-order chi connectivity index (χ1) is 13.2. The molecule has 1 aromatic carbocycles. The second-order valence-corrected chi connectivity index (χ2v) is 6.68. The number of halogens is 1. The SMILES string of the molecule is CN=C(NCc1ncnn1C)NCC(c1cccc(C)c1)N1CCOCC1.I. The zero-order chi connectivity index (χ0) is 19.1. The summed E-state index contributed by atoms with van der Waals surface area (Å²) in [5.41, 5.74) is 2.59. The van der Waals surface area contributed by atoms with E-state index in [0.29, 0.717) is 6.54 Å². The average Bonchev–Trinajstić information content (AvgIpc) is 3.10. The monoisotopic (exact) mass is 499 g/mol. The van der Waals surface area contributed by atoms with Crippen LogP contribution in [-0.2, 0) is 18.3 Å². The molecule has 1 aromatic heterocycles. The van der Waals surface area contributed by atoms with Crippen molar-refractivity contribution in [3.63, 3.8) is 0 Å². The molecular weight excluding hydrogens is 469 g/mol. The van der Waals surface area contributed by atoms with Crippen molar-refractivity contribution in [1.29, 1.82) is 0 Å². The fraction of sp³-hybridized carbons (Fsp3) is 0.526. The summed E-state index contributed by atoms with van der Waals surface area (Å²) in [6.45, 7) is 6.90. The van der Waals surface area contributed by atoms with E-state index in [4.69, 9.17) is 4.74 Å². The Morgan fingerprint density at radius 1 is 1.29 bits per heavy atom. The number of hydrogen-bond donors (Lipinski definition) is 2. The number of nitrogens with zero attached hydrogens (tertiary/aromatic N) is 5. The van der Waals surface area contributed by atoms with Crippen molar-refractivity contribution >= 4 is 29.9 Å². The number of benzene rings is 1. The molecule has 0 aliphatic carbocycles. The van der Waals surface area contributed by atoms with Gasteiger partial charge in [-0.05, 0) is 12.5 Å². The molecule has 1 atom stereocenters. The number of aliphatic imine (C=N–C) groups is 1.